The van der Waals surface area contributed by atoms with Crippen LogP contribution < -0.4 is 4.74 Å². The normalized spacial score (nSPS) is 9.94. The van der Waals surface area contributed by atoms with Gasteiger partial charge in [0.15, 0.2) is 0 Å². The van der Waals surface area contributed by atoms with E-state index in [-0.39, 0.29) is 5.56 Å². The zero-order valence-corrected chi connectivity index (χ0v) is 10.8. The van der Waals surface area contributed by atoms with Crippen LogP contribution in [-0.2, 0) is 0 Å². The van der Waals surface area contributed by atoms with E-state index >= 15 is 0 Å². The Morgan fingerprint density at radius 1 is 1.18 bits per heavy atom. The fraction of sp³-hybridized carbons (Fsp3) is 0. The number of pyridine rings is 1. The average Bonchev–Trinajstić information content (AvgIpc) is 2.32. The summed E-state index contributed by atoms with van der Waals surface area (Å²) in [5, 5.41) is 8.82. The molecular formula is C12H8INO3. The van der Waals surface area contributed by atoms with Gasteiger partial charge in [-0.25, -0.2) is 4.79 Å². The number of ether oxygens (including phenoxy) is 1. The van der Waals surface area contributed by atoms with Crippen LogP contribution in [0.4, 0.5) is 0 Å². The third kappa shape index (κ3) is 3.16. The zero-order valence-electron chi connectivity index (χ0n) is 8.63. The fourth-order valence-corrected chi connectivity index (χ4v) is 1.59. The largest absolute Gasteiger partial charge is 0.478 e. The molecule has 0 amide bonds. The van der Waals surface area contributed by atoms with Crippen molar-refractivity contribution in [2.45, 2.75) is 0 Å². The summed E-state index contributed by atoms with van der Waals surface area (Å²) < 4.78 is 6.60. The van der Waals surface area contributed by atoms with Crippen LogP contribution in [0.5, 0.6) is 11.5 Å². The van der Waals surface area contributed by atoms with Gasteiger partial charge in [0.05, 0.1) is 11.8 Å². The Labute approximate surface area is 111 Å². The van der Waals surface area contributed by atoms with Gasteiger partial charge in [-0.2, -0.15) is 0 Å². The maximum Gasteiger partial charge on any atom is 0.337 e. The molecule has 2 rings (SSSR count). The van der Waals surface area contributed by atoms with Crippen LogP contribution in [0.2, 0.25) is 0 Å². The lowest BCUT2D eigenvalue weighted by Gasteiger charge is -2.05. The lowest BCUT2D eigenvalue weighted by atomic mass is 10.3. The molecule has 1 aromatic heterocycles. The van der Waals surface area contributed by atoms with E-state index in [1.807, 2.05) is 24.3 Å². The second kappa shape index (κ2) is 5.13. The second-order valence-corrected chi connectivity index (χ2v) is 4.52. The Hall–Kier alpha value is -1.63. The number of carbonyl (C=O) groups is 1. The maximum atomic E-state index is 10.8. The Morgan fingerprint density at radius 3 is 2.53 bits per heavy atom. The van der Waals surface area contributed by atoms with Crippen molar-refractivity contribution >= 4 is 28.6 Å². The first-order valence-electron chi connectivity index (χ1n) is 4.77. The fourth-order valence-electron chi connectivity index (χ4n) is 1.23. The number of aromatic nitrogens is 1. The van der Waals surface area contributed by atoms with Crippen molar-refractivity contribution in [3.8, 4) is 11.5 Å². The van der Waals surface area contributed by atoms with Gasteiger partial charge >= 0.3 is 5.97 Å². The van der Waals surface area contributed by atoms with Crippen LogP contribution in [0, 0.1) is 3.57 Å². The highest BCUT2D eigenvalue weighted by atomic mass is 127. The molecule has 1 heterocycles. The van der Waals surface area contributed by atoms with Gasteiger partial charge in [-0.05, 0) is 52.9 Å². The average molecular weight is 341 g/mol. The number of hydrogen-bond acceptors (Lipinski definition) is 3. The Bertz CT molecular complexity index is 540. The van der Waals surface area contributed by atoms with Crippen LogP contribution in [0.1, 0.15) is 10.4 Å². The van der Waals surface area contributed by atoms with Gasteiger partial charge in [0.25, 0.3) is 0 Å². The van der Waals surface area contributed by atoms with Gasteiger partial charge in [0.1, 0.15) is 11.5 Å². The third-order valence-electron chi connectivity index (χ3n) is 2.01. The van der Waals surface area contributed by atoms with E-state index in [9.17, 15) is 4.79 Å². The molecule has 0 aliphatic heterocycles. The van der Waals surface area contributed by atoms with Crippen LogP contribution in [0.15, 0.2) is 42.7 Å². The van der Waals surface area contributed by atoms with E-state index in [1.54, 1.807) is 0 Å². The number of benzene rings is 1. The minimum Gasteiger partial charge on any atom is -0.478 e. The molecule has 17 heavy (non-hydrogen) atoms. The summed E-state index contributed by atoms with van der Waals surface area (Å²) in [6, 6.07) is 8.88. The molecule has 0 unspecified atom stereocenters. The van der Waals surface area contributed by atoms with E-state index in [2.05, 4.69) is 27.6 Å². The topological polar surface area (TPSA) is 59.4 Å². The van der Waals surface area contributed by atoms with Gasteiger partial charge in [-0.1, -0.05) is 0 Å². The summed E-state index contributed by atoms with van der Waals surface area (Å²) in [7, 11) is 0. The van der Waals surface area contributed by atoms with Crippen LogP contribution >= 0.6 is 22.6 Å². The number of halogens is 1. The van der Waals surface area contributed by atoms with Crippen molar-refractivity contribution in [3.63, 3.8) is 0 Å². The van der Waals surface area contributed by atoms with E-state index in [0.29, 0.717) is 11.5 Å². The minimum absolute atomic E-state index is 0.105. The molecule has 2 aromatic rings. The molecule has 0 atom stereocenters. The zero-order chi connectivity index (χ0) is 12.3. The first kappa shape index (κ1) is 11.8. The molecule has 0 saturated carbocycles. The lowest BCUT2D eigenvalue weighted by Crippen LogP contribution is -1.97. The van der Waals surface area contributed by atoms with Gasteiger partial charge in [-0.15, -0.1) is 0 Å². The van der Waals surface area contributed by atoms with Gasteiger partial charge in [0, 0.05) is 9.77 Å². The summed E-state index contributed by atoms with van der Waals surface area (Å²) >= 11 is 2.20. The lowest BCUT2D eigenvalue weighted by molar-refractivity contribution is 0.0696. The monoisotopic (exact) mass is 341 g/mol. The number of rotatable bonds is 3. The van der Waals surface area contributed by atoms with Crippen LogP contribution in [0.25, 0.3) is 0 Å². The summed E-state index contributed by atoms with van der Waals surface area (Å²) in [6.07, 6.45) is 2.76. The highest BCUT2D eigenvalue weighted by Gasteiger charge is 2.05. The Kier molecular flexibility index (Phi) is 3.58. The minimum atomic E-state index is -1.02. The number of aromatic carboxylic acids is 1. The smallest absolute Gasteiger partial charge is 0.337 e. The second-order valence-electron chi connectivity index (χ2n) is 3.27. The predicted molar refractivity (Wildman–Crippen MR) is 70.4 cm³/mol. The molecule has 0 saturated heterocycles. The van der Waals surface area contributed by atoms with Crippen molar-refractivity contribution in [2.24, 2.45) is 0 Å². The van der Waals surface area contributed by atoms with Crippen LogP contribution in [-0.4, -0.2) is 16.1 Å². The van der Waals surface area contributed by atoms with Gasteiger partial charge in [0.2, 0.25) is 0 Å². The predicted octanol–water partition coefficient (Wildman–Crippen LogP) is 3.18. The molecule has 1 aromatic carbocycles. The van der Waals surface area contributed by atoms with E-state index in [0.717, 1.165) is 3.57 Å². The molecule has 1 N–H and O–H groups in total. The highest BCUT2D eigenvalue weighted by molar-refractivity contribution is 14.1. The van der Waals surface area contributed by atoms with Crippen molar-refractivity contribution in [2.75, 3.05) is 0 Å². The van der Waals surface area contributed by atoms with E-state index in [4.69, 9.17) is 9.84 Å². The Morgan fingerprint density at radius 2 is 1.88 bits per heavy atom. The molecule has 5 heteroatoms. The van der Waals surface area contributed by atoms with Gasteiger partial charge < -0.3 is 9.84 Å². The first-order chi connectivity index (χ1) is 8.15. The van der Waals surface area contributed by atoms with Crippen molar-refractivity contribution in [3.05, 3.63) is 51.9 Å². The molecule has 0 radical (unpaired) electrons. The number of carboxylic acid groups (broad SMARTS) is 1. The van der Waals surface area contributed by atoms with Crippen molar-refractivity contribution in [1.82, 2.24) is 4.98 Å². The molecule has 0 aliphatic rings. The molecular weight excluding hydrogens is 333 g/mol. The summed E-state index contributed by atoms with van der Waals surface area (Å²) in [5.74, 6) is 0.0337. The maximum absolute atomic E-state index is 10.8. The van der Waals surface area contributed by atoms with Crippen molar-refractivity contribution < 1.29 is 14.6 Å². The molecule has 0 fully saturated rings. The Balaban J connectivity index is 2.21. The van der Waals surface area contributed by atoms with Crippen LogP contribution in [0.3, 0.4) is 0 Å². The highest BCUT2D eigenvalue weighted by Crippen LogP contribution is 2.22. The third-order valence-corrected chi connectivity index (χ3v) is 2.73. The quantitative estimate of drug-likeness (QED) is 0.872. The SMILES string of the molecule is O=C(O)c1cncc(Oc2ccc(I)cc2)c1. The summed E-state index contributed by atoms with van der Waals surface area (Å²) in [4.78, 5) is 14.6. The van der Waals surface area contributed by atoms with E-state index < -0.39 is 5.97 Å². The number of carboxylic acids is 1. The molecule has 0 bridgehead atoms. The van der Waals surface area contributed by atoms with Crippen molar-refractivity contribution in [1.29, 1.82) is 0 Å². The van der Waals surface area contributed by atoms with Gasteiger partial charge in [-0.3, -0.25) is 4.98 Å². The summed E-state index contributed by atoms with van der Waals surface area (Å²) in [6.45, 7) is 0. The summed E-state index contributed by atoms with van der Waals surface area (Å²) in [5.41, 5.74) is 0.105. The standard InChI is InChI=1S/C12H8INO3/c13-9-1-3-10(4-2-9)17-11-5-8(12(15)16)6-14-7-11/h1-7H,(H,15,16). The first-order valence-corrected chi connectivity index (χ1v) is 5.85. The molecule has 0 spiro atoms. The number of hydrogen-bond donors (Lipinski definition) is 1. The molecule has 86 valence electrons. The molecule has 0 aliphatic carbocycles. The number of nitrogens with zero attached hydrogens (tertiary/aromatic N) is 1. The molecule has 4 nitrogen and oxygen atoms in total. The van der Waals surface area contributed by atoms with E-state index in [1.165, 1.54) is 18.5 Å².